The number of benzene rings is 2. The molecule has 2 aromatic rings. The summed E-state index contributed by atoms with van der Waals surface area (Å²) in [4.78, 5) is 12.0. The van der Waals surface area contributed by atoms with Crippen LogP contribution < -0.4 is 15.4 Å². The maximum absolute atomic E-state index is 12.0. The van der Waals surface area contributed by atoms with Crippen molar-refractivity contribution in [1.82, 2.24) is 10.6 Å². The maximum atomic E-state index is 12.0. The van der Waals surface area contributed by atoms with Gasteiger partial charge in [0.25, 0.3) is 0 Å². The Hall–Kier alpha value is -1.69. The zero-order valence-electron chi connectivity index (χ0n) is 15.4. The number of carbonyl (C=O) groups is 1. The molecule has 1 fully saturated rings. The average Bonchev–Trinajstić information content (AvgIpc) is 2.69. The van der Waals surface area contributed by atoms with Crippen LogP contribution in [-0.2, 0) is 17.8 Å². The first-order valence-electron chi connectivity index (χ1n) is 9.13. The zero-order valence-corrected chi connectivity index (χ0v) is 17.0. The quantitative estimate of drug-likeness (QED) is 0.705. The number of ether oxygens (including phenoxy) is 1. The van der Waals surface area contributed by atoms with Crippen LogP contribution in [0.15, 0.2) is 54.6 Å². The highest BCUT2D eigenvalue weighted by Gasteiger charge is 2.16. The number of thioether (sulfide) groups is 1. The van der Waals surface area contributed by atoms with Crippen LogP contribution in [0.25, 0.3) is 0 Å². The average molecular weight is 407 g/mol. The Morgan fingerprint density at radius 2 is 1.89 bits per heavy atom. The van der Waals surface area contributed by atoms with E-state index in [2.05, 4.69) is 34.9 Å². The minimum atomic E-state index is 0. The van der Waals surface area contributed by atoms with Crippen LogP contribution >= 0.6 is 24.2 Å². The summed E-state index contributed by atoms with van der Waals surface area (Å²) in [5.41, 5.74) is 2.36. The third-order valence-electron chi connectivity index (χ3n) is 4.34. The zero-order chi connectivity index (χ0) is 18.0. The monoisotopic (exact) mass is 406 g/mol. The van der Waals surface area contributed by atoms with Crippen molar-refractivity contribution in [3.8, 4) is 5.75 Å². The van der Waals surface area contributed by atoms with Crippen molar-refractivity contribution in [2.45, 2.75) is 25.5 Å². The van der Waals surface area contributed by atoms with Gasteiger partial charge in [0.15, 0.2) is 0 Å². The molecule has 146 valence electrons. The van der Waals surface area contributed by atoms with Crippen molar-refractivity contribution in [3.63, 3.8) is 0 Å². The molecule has 4 nitrogen and oxygen atoms in total. The minimum Gasteiger partial charge on any atom is -0.489 e. The van der Waals surface area contributed by atoms with E-state index < -0.39 is 0 Å². The second kappa shape index (κ2) is 11.9. The summed E-state index contributed by atoms with van der Waals surface area (Å²) in [6.45, 7) is 2.24. The second-order valence-electron chi connectivity index (χ2n) is 6.45. The Bertz CT molecular complexity index is 676. The molecule has 1 atom stereocenters. The highest BCUT2D eigenvalue weighted by molar-refractivity contribution is 7.99. The van der Waals surface area contributed by atoms with E-state index >= 15 is 0 Å². The molecule has 1 unspecified atom stereocenters. The van der Waals surface area contributed by atoms with Gasteiger partial charge in [0.1, 0.15) is 12.4 Å². The molecule has 27 heavy (non-hydrogen) atoms. The third-order valence-corrected chi connectivity index (χ3v) is 5.47. The highest BCUT2D eigenvalue weighted by atomic mass is 35.5. The minimum absolute atomic E-state index is 0. The van der Waals surface area contributed by atoms with E-state index in [1.165, 1.54) is 5.56 Å². The van der Waals surface area contributed by atoms with Crippen molar-refractivity contribution in [2.24, 2.45) is 0 Å². The molecule has 1 saturated heterocycles. The van der Waals surface area contributed by atoms with E-state index in [4.69, 9.17) is 4.74 Å². The molecular weight excluding hydrogens is 380 g/mol. The Morgan fingerprint density at radius 1 is 1.11 bits per heavy atom. The van der Waals surface area contributed by atoms with Gasteiger partial charge in [-0.2, -0.15) is 11.8 Å². The number of amides is 1. The van der Waals surface area contributed by atoms with Crippen molar-refractivity contribution in [3.05, 3.63) is 65.7 Å². The lowest BCUT2D eigenvalue weighted by atomic mass is 10.1. The first kappa shape index (κ1) is 21.6. The first-order chi connectivity index (χ1) is 12.8. The number of hydrogen-bond donors (Lipinski definition) is 2. The Balaban J connectivity index is 0.00000261. The van der Waals surface area contributed by atoms with Gasteiger partial charge in [-0.05, 0) is 29.7 Å². The fourth-order valence-electron chi connectivity index (χ4n) is 2.89. The summed E-state index contributed by atoms with van der Waals surface area (Å²) in [6.07, 6.45) is 1.40. The lowest BCUT2D eigenvalue weighted by Gasteiger charge is -2.22. The highest BCUT2D eigenvalue weighted by Crippen LogP contribution is 2.14. The van der Waals surface area contributed by atoms with E-state index in [9.17, 15) is 4.79 Å². The molecule has 2 aromatic carbocycles. The van der Waals surface area contributed by atoms with Gasteiger partial charge in [0.2, 0.25) is 5.91 Å². The normalized spacial score (nSPS) is 16.2. The standard InChI is InChI=1S/C21H26N2O2S.ClH/c24-21(14-19-16-26-13-12-22-19)23-11-10-17-6-8-20(9-7-17)25-15-18-4-2-1-3-5-18;/h1-9,19,22H,10-16H2,(H,23,24);1H. The van der Waals surface area contributed by atoms with Crippen LogP contribution in [0, 0.1) is 0 Å². The Labute approximate surface area is 171 Å². The van der Waals surface area contributed by atoms with E-state index in [0.29, 0.717) is 25.6 Å². The van der Waals surface area contributed by atoms with E-state index in [0.717, 1.165) is 35.8 Å². The number of carbonyl (C=O) groups excluding carboxylic acids is 1. The van der Waals surface area contributed by atoms with Crippen LogP contribution in [0.5, 0.6) is 5.75 Å². The largest absolute Gasteiger partial charge is 0.489 e. The summed E-state index contributed by atoms with van der Waals surface area (Å²) in [5.74, 6) is 3.16. The molecule has 1 heterocycles. The molecule has 0 aliphatic carbocycles. The molecule has 1 aliphatic rings. The van der Waals surface area contributed by atoms with Crippen molar-refractivity contribution in [2.75, 3.05) is 24.6 Å². The third kappa shape index (κ3) is 7.83. The topological polar surface area (TPSA) is 50.4 Å². The maximum Gasteiger partial charge on any atom is 0.221 e. The van der Waals surface area contributed by atoms with Gasteiger partial charge in [-0.3, -0.25) is 4.79 Å². The predicted octanol–water partition coefficient (Wildman–Crippen LogP) is 3.44. The van der Waals surface area contributed by atoms with Gasteiger partial charge < -0.3 is 15.4 Å². The predicted molar refractivity (Wildman–Crippen MR) is 115 cm³/mol. The van der Waals surface area contributed by atoms with Gasteiger partial charge in [0.05, 0.1) is 0 Å². The van der Waals surface area contributed by atoms with Gasteiger partial charge >= 0.3 is 0 Å². The van der Waals surface area contributed by atoms with E-state index in [-0.39, 0.29) is 18.3 Å². The number of hydrogen-bond acceptors (Lipinski definition) is 4. The SMILES string of the molecule is Cl.O=C(CC1CSCCN1)NCCc1ccc(OCc2ccccc2)cc1. The summed E-state index contributed by atoms with van der Waals surface area (Å²) >= 11 is 1.92. The van der Waals surface area contributed by atoms with Crippen LogP contribution in [0.3, 0.4) is 0 Å². The summed E-state index contributed by atoms with van der Waals surface area (Å²) in [7, 11) is 0. The van der Waals surface area contributed by atoms with Crippen molar-refractivity contribution < 1.29 is 9.53 Å². The molecule has 3 rings (SSSR count). The fraction of sp³-hybridized carbons (Fsp3) is 0.381. The molecule has 1 amide bonds. The van der Waals surface area contributed by atoms with Gasteiger partial charge in [0, 0.05) is 37.1 Å². The first-order valence-corrected chi connectivity index (χ1v) is 10.3. The molecular formula is C21H27ClN2O2S. The fourth-order valence-corrected chi connectivity index (χ4v) is 3.84. The van der Waals surface area contributed by atoms with Gasteiger partial charge in [-0.1, -0.05) is 42.5 Å². The Kier molecular flexibility index (Phi) is 9.53. The number of halogens is 1. The molecule has 0 saturated carbocycles. The molecule has 0 aromatic heterocycles. The molecule has 0 spiro atoms. The van der Waals surface area contributed by atoms with Crippen LogP contribution in [0.1, 0.15) is 17.5 Å². The van der Waals surface area contributed by atoms with Crippen LogP contribution in [0.4, 0.5) is 0 Å². The van der Waals surface area contributed by atoms with Crippen LogP contribution in [0.2, 0.25) is 0 Å². The lowest BCUT2D eigenvalue weighted by molar-refractivity contribution is -0.121. The number of nitrogens with one attached hydrogen (secondary N) is 2. The van der Waals surface area contributed by atoms with Gasteiger partial charge in [-0.25, -0.2) is 0 Å². The lowest BCUT2D eigenvalue weighted by Crippen LogP contribution is -2.41. The molecule has 6 heteroatoms. The number of rotatable bonds is 8. The van der Waals surface area contributed by atoms with Crippen LogP contribution in [-0.4, -0.2) is 36.5 Å². The molecule has 0 radical (unpaired) electrons. The molecule has 0 bridgehead atoms. The molecule has 2 N–H and O–H groups in total. The van der Waals surface area contributed by atoms with E-state index in [1.54, 1.807) is 0 Å². The van der Waals surface area contributed by atoms with E-state index in [1.807, 2.05) is 42.1 Å². The summed E-state index contributed by atoms with van der Waals surface area (Å²) < 4.78 is 5.80. The summed E-state index contributed by atoms with van der Waals surface area (Å²) in [5, 5.41) is 6.41. The summed E-state index contributed by atoms with van der Waals surface area (Å²) in [6, 6.07) is 18.6. The Morgan fingerprint density at radius 3 is 2.59 bits per heavy atom. The van der Waals surface area contributed by atoms with Crippen molar-refractivity contribution >= 4 is 30.1 Å². The smallest absolute Gasteiger partial charge is 0.221 e. The van der Waals surface area contributed by atoms with Crippen molar-refractivity contribution in [1.29, 1.82) is 0 Å². The van der Waals surface area contributed by atoms with Gasteiger partial charge in [-0.15, -0.1) is 12.4 Å². The second-order valence-corrected chi connectivity index (χ2v) is 7.60. The molecule has 1 aliphatic heterocycles.